The van der Waals surface area contributed by atoms with Gasteiger partial charge in [-0.25, -0.2) is 0 Å². The van der Waals surface area contributed by atoms with Crippen LogP contribution in [0.1, 0.15) is 18.4 Å². The number of ether oxygens (including phenoxy) is 3. The monoisotopic (exact) mass is 329 g/mol. The van der Waals surface area contributed by atoms with E-state index < -0.39 is 0 Å². The highest BCUT2D eigenvalue weighted by atomic mass is 79.9. The van der Waals surface area contributed by atoms with Gasteiger partial charge in [0, 0.05) is 16.1 Å². The van der Waals surface area contributed by atoms with Crippen molar-refractivity contribution in [1.29, 1.82) is 0 Å². The minimum atomic E-state index is 0.503. The van der Waals surface area contributed by atoms with Crippen LogP contribution in [0, 0.1) is 0 Å². The molecule has 1 N–H and O–H groups in total. The molecule has 4 nitrogen and oxygen atoms in total. The van der Waals surface area contributed by atoms with Crippen LogP contribution in [0.25, 0.3) is 0 Å². The van der Waals surface area contributed by atoms with Gasteiger partial charge in [-0.3, -0.25) is 0 Å². The number of hydrogen-bond acceptors (Lipinski definition) is 4. The fraction of sp³-hybridized carbons (Fsp3) is 0.571. The molecule has 0 aliphatic carbocycles. The van der Waals surface area contributed by atoms with Crippen LogP contribution in [0.15, 0.2) is 10.5 Å². The molecule has 1 unspecified atom stereocenters. The molecule has 1 atom stereocenters. The van der Waals surface area contributed by atoms with Crippen molar-refractivity contribution in [1.82, 2.24) is 5.32 Å². The number of benzene rings is 1. The Morgan fingerprint density at radius 3 is 2.47 bits per heavy atom. The van der Waals surface area contributed by atoms with Gasteiger partial charge >= 0.3 is 0 Å². The van der Waals surface area contributed by atoms with Crippen molar-refractivity contribution in [3.05, 3.63) is 16.1 Å². The molecule has 0 bridgehead atoms. The lowest BCUT2D eigenvalue weighted by Gasteiger charge is -2.19. The van der Waals surface area contributed by atoms with E-state index in [2.05, 4.69) is 21.2 Å². The van der Waals surface area contributed by atoms with Gasteiger partial charge in [-0.2, -0.15) is 0 Å². The van der Waals surface area contributed by atoms with Crippen LogP contribution in [0.3, 0.4) is 0 Å². The number of methoxy groups -OCH3 is 3. The molecule has 1 aromatic carbocycles. The van der Waals surface area contributed by atoms with Gasteiger partial charge in [0.05, 0.1) is 21.3 Å². The van der Waals surface area contributed by atoms with Crippen molar-refractivity contribution in [2.24, 2.45) is 0 Å². The Morgan fingerprint density at radius 2 is 1.95 bits per heavy atom. The average molecular weight is 330 g/mol. The molecule has 1 aromatic rings. The zero-order chi connectivity index (χ0) is 13.8. The Labute approximate surface area is 122 Å². The van der Waals surface area contributed by atoms with Crippen molar-refractivity contribution >= 4 is 15.9 Å². The van der Waals surface area contributed by atoms with E-state index in [1.807, 2.05) is 6.07 Å². The summed E-state index contributed by atoms with van der Waals surface area (Å²) in [6.45, 7) is 1.10. The van der Waals surface area contributed by atoms with E-state index in [1.165, 1.54) is 12.8 Å². The van der Waals surface area contributed by atoms with Crippen molar-refractivity contribution in [3.8, 4) is 17.2 Å². The zero-order valence-corrected chi connectivity index (χ0v) is 13.2. The summed E-state index contributed by atoms with van der Waals surface area (Å²) in [5.41, 5.74) is 1.12. The van der Waals surface area contributed by atoms with Gasteiger partial charge in [-0.1, -0.05) is 15.9 Å². The number of halogens is 1. The van der Waals surface area contributed by atoms with E-state index in [9.17, 15) is 0 Å². The molecule has 0 saturated carbocycles. The minimum Gasteiger partial charge on any atom is -0.493 e. The molecular formula is C14H20BrNO3. The fourth-order valence-electron chi connectivity index (χ4n) is 2.55. The molecule has 1 aliphatic rings. The van der Waals surface area contributed by atoms with Crippen LogP contribution in [0.5, 0.6) is 17.2 Å². The second kappa shape index (κ2) is 6.48. The third-order valence-electron chi connectivity index (χ3n) is 3.49. The first-order valence-corrected chi connectivity index (χ1v) is 7.21. The second-order valence-electron chi connectivity index (χ2n) is 4.60. The first-order chi connectivity index (χ1) is 9.21. The van der Waals surface area contributed by atoms with Gasteiger partial charge in [0.2, 0.25) is 5.75 Å². The largest absolute Gasteiger partial charge is 0.493 e. The van der Waals surface area contributed by atoms with E-state index in [-0.39, 0.29) is 0 Å². The normalized spacial score (nSPS) is 18.4. The maximum atomic E-state index is 5.54. The van der Waals surface area contributed by atoms with Gasteiger partial charge in [-0.15, -0.1) is 0 Å². The zero-order valence-electron chi connectivity index (χ0n) is 11.6. The molecule has 1 fully saturated rings. The Kier molecular flexibility index (Phi) is 4.93. The molecular weight excluding hydrogens is 310 g/mol. The lowest BCUT2D eigenvalue weighted by atomic mass is 10.0. The predicted molar refractivity (Wildman–Crippen MR) is 78.5 cm³/mol. The van der Waals surface area contributed by atoms with Crippen molar-refractivity contribution in [3.63, 3.8) is 0 Å². The summed E-state index contributed by atoms with van der Waals surface area (Å²) >= 11 is 3.61. The highest BCUT2D eigenvalue weighted by molar-refractivity contribution is 9.10. The number of nitrogens with one attached hydrogen (secondary N) is 1. The Bertz CT molecular complexity index is 445. The quantitative estimate of drug-likeness (QED) is 0.901. The third kappa shape index (κ3) is 2.98. The summed E-state index contributed by atoms with van der Waals surface area (Å²) in [5, 5.41) is 3.50. The maximum Gasteiger partial charge on any atom is 0.203 e. The molecule has 5 heteroatoms. The molecule has 0 spiro atoms. The standard InChI is InChI=1S/C14H20BrNO3/c1-17-12-8-11(15)10(7-9-5-4-6-16-9)13(18-2)14(12)19-3/h8-9,16H,4-7H2,1-3H3. The van der Waals surface area contributed by atoms with Crippen LogP contribution >= 0.6 is 15.9 Å². The molecule has 0 radical (unpaired) electrons. The molecule has 106 valence electrons. The Balaban J connectivity index is 2.39. The van der Waals surface area contributed by atoms with Gasteiger partial charge < -0.3 is 19.5 Å². The molecule has 0 amide bonds. The van der Waals surface area contributed by atoms with Gasteiger partial charge in [0.1, 0.15) is 0 Å². The first kappa shape index (κ1) is 14.5. The van der Waals surface area contributed by atoms with Crippen LogP contribution in [-0.2, 0) is 6.42 Å². The Morgan fingerprint density at radius 1 is 1.21 bits per heavy atom. The summed E-state index contributed by atoms with van der Waals surface area (Å²) in [6, 6.07) is 2.44. The maximum absolute atomic E-state index is 5.54. The number of rotatable bonds is 5. The van der Waals surface area contributed by atoms with Crippen molar-refractivity contribution < 1.29 is 14.2 Å². The van der Waals surface area contributed by atoms with E-state index in [1.54, 1.807) is 21.3 Å². The van der Waals surface area contributed by atoms with Crippen LogP contribution in [-0.4, -0.2) is 33.9 Å². The van der Waals surface area contributed by atoms with Gasteiger partial charge in [0.25, 0.3) is 0 Å². The molecule has 1 saturated heterocycles. The van der Waals surface area contributed by atoms with Gasteiger partial charge in [-0.05, 0) is 31.9 Å². The fourth-order valence-corrected chi connectivity index (χ4v) is 3.10. The third-order valence-corrected chi connectivity index (χ3v) is 4.20. The average Bonchev–Trinajstić information content (AvgIpc) is 2.93. The van der Waals surface area contributed by atoms with E-state index in [0.29, 0.717) is 17.5 Å². The summed E-state index contributed by atoms with van der Waals surface area (Å²) in [4.78, 5) is 0. The summed E-state index contributed by atoms with van der Waals surface area (Å²) in [6.07, 6.45) is 3.35. The topological polar surface area (TPSA) is 39.7 Å². The summed E-state index contributed by atoms with van der Waals surface area (Å²) < 4.78 is 17.3. The lowest BCUT2D eigenvalue weighted by molar-refractivity contribution is 0.321. The lowest BCUT2D eigenvalue weighted by Crippen LogP contribution is -2.24. The smallest absolute Gasteiger partial charge is 0.203 e. The van der Waals surface area contributed by atoms with Crippen molar-refractivity contribution in [2.45, 2.75) is 25.3 Å². The van der Waals surface area contributed by atoms with Gasteiger partial charge in [0.15, 0.2) is 11.5 Å². The highest BCUT2D eigenvalue weighted by Gasteiger charge is 2.23. The van der Waals surface area contributed by atoms with Crippen LogP contribution in [0.2, 0.25) is 0 Å². The first-order valence-electron chi connectivity index (χ1n) is 6.42. The van der Waals surface area contributed by atoms with E-state index in [4.69, 9.17) is 14.2 Å². The Hall–Kier alpha value is -0.940. The molecule has 1 aliphatic heterocycles. The number of hydrogen-bond donors (Lipinski definition) is 1. The summed E-state index contributed by atoms with van der Waals surface area (Å²) in [5.74, 6) is 2.08. The van der Waals surface area contributed by atoms with Crippen molar-refractivity contribution in [2.75, 3.05) is 27.9 Å². The summed E-state index contributed by atoms with van der Waals surface area (Å²) in [7, 11) is 4.92. The SMILES string of the molecule is COc1cc(Br)c(CC2CCCN2)c(OC)c1OC. The molecule has 1 heterocycles. The highest BCUT2D eigenvalue weighted by Crippen LogP contribution is 2.44. The van der Waals surface area contributed by atoms with E-state index in [0.717, 1.165) is 28.8 Å². The van der Waals surface area contributed by atoms with E-state index >= 15 is 0 Å². The molecule has 2 rings (SSSR count). The predicted octanol–water partition coefficient (Wildman–Crippen LogP) is 2.77. The second-order valence-corrected chi connectivity index (χ2v) is 5.46. The minimum absolute atomic E-state index is 0.503. The molecule has 19 heavy (non-hydrogen) atoms. The molecule has 0 aromatic heterocycles. The van der Waals surface area contributed by atoms with Crippen LogP contribution < -0.4 is 19.5 Å². The van der Waals surface area contributed by atoms with Crippen LogP contribution in [0.4, 0.5) is 0 Å².